The van der Waals surface area contributed by atoms with Gasteiger partial charge in [0, 0.05) is 44.5 Å². The molecular formula is C11H15N3O2. The molecule has 2 heterocycles. The van der Waals surface area contributed by atoms with Gasteiger partial charge in [0.25, 0.3) is 5.91 Å². The van der Waals surface area contributed by atoms with Gasteiger partial charge in [-0.1, -0.05) is 0 Å². The van der Waals surface area contributed by atoms with Gasteiger partial charge in [-0.15, -0.1) is 0 Å². The van der Waals surface area contributed by atoms with E-state index in [9.17, 15) is 9.59 Å². The molecule has 0 spiro atoms. The van der Waals surface area contributed by atoms with E-state index in [1.165, 1.54) is 18.3 Å². The van der Waals surface area contributed by atoms with Crippen molar-refractivity contribution in [1.82, 2.24) is 14.8 Å². The lowest BCUT2D eigenvalue weighted by atomic mass is 10.2. The molecule has 0 aliphatic carbocycles. The zero-order valence-electron chi connectivity index (χ0n) is 9.27. The molecule has 5 nitrogen and oxygen atoms in total. The van der Waals surface area contributed by atoms with Crippen LogP contribution in [0.15, 0.2) is 23.1 Å². The summed E-state index contributed by atoms with van der Waals surface area (Å²) in [6.45, 7) is 3.18. The third-order valence-electron chi connectivity index (χ3n) is 2.79. The van der Waals surface area contributed by atoms with Crippen LogP contribution in [0.3, 0.4) is 0 Å². The molecule has 1 aromatic heterocycles. The van der Waals surface area contributed by atoms with Crippen molar-refractivity contribution in [3.63, 3.8) is 0 Å². The minimum absolute atomic E-state index is 0.0919. The first kappa shape index (κ1) is 10.9. The van der Waals surface area contributed by atoms with Crippen LogP contribution in [0.4, 0.5) is 0 Å². The average molecular weight is 221 g/mol. The van der Waals surface area contributed by atoms with Crippen molar-refractivity contribution < 1.29 is 4.79 Å². The number of amides is 1. The molecule has 0 radical (unpaired) electrons. The number of piperazine rings is 1. The van der Waals surface area contributed by atoms with E-state index in [0.717, 1.165) is 13.1 Å². The maximum Gasteiger partial charge on any atom is 0.270 e. The number of H-pyrrole nitrogens is 1. The van der Waals surface area contributed by atoms with Crippen LogP contribution in [0, 0.1) is 0 Å². The van der Waals surface area contributed by atoms with Gasteiger partial charge in [-0.2, -0.15) is 0 Å². The van der Waals surface area contributed by atoms with Gasteiger partial charge in [0.1, 0.15) is 5.69 Å². The normalized spacial score (nSPS) is 17.4. The van der Waals surface area contributed by atoms with Gasteiger partial charge >= 0.3 is 0 Å². The van der Waals surface area contributed by atoms with Crippen LogP contribution in [0.2, 0.25) is 0 Å². The second kappa shape index (κ2) is 4.49. The second-order valence-electron chi connectivity index (χ2n) is 4.03. The molecule has 5 heteroatoms. The van der Waals surface area contributed by atoms with Crippen LogP contribution in [0.1, 0.15) is 10.5 Å². The zero-order valence-corrected chi connectivity index (χ0v) is 9.27. The van der Waals surface area contributed by atoms with Crippen LogP contribution in [0.5, 0.6) is 0 Å². The van der Waals surface area contributed by atoms with Gasteiger partial charge in [0.2, 0.25) is 0 Å². The number of hydrogen-bond donors (Lipinski definition) is 1. The van der Waals surface area contributed by atoms with E-state index in [2.05, 4.69) is 9.88 Å². The smallest absolute Gasteiger partial charge is 0.270 e. The SMILES string of the molecule is CN1CCN(C(=O)c2cc(=O)cc[nH]2)CC1. The van der Waals surface area contributed by atoms with E-state index in [1.807, 2.05) is 7.05 Å². The molecular weight excluding hydrogens is 206 g/mol. The van der Waals surface area contributed by atoms with Crippen LogP contribution in [-0.4, -0.2) is 53.9 Å². The zero-order chi connectivity index (χ0) is 11.5. The van der Waals surface area contributed by atoms with Crippen LogP contribution in [0.25, 0.3) is 0 Å². The Labute approximate surface area is 93.7 Å². The highest BCUT2D eigenvalue weighted by atomic mass is 16.2. The highest BCUT2D eigenvalue weighted by Gasteiger charge is 2.20. The Bertz CT molecular complexity index is 433. The molecule has 0 unspecified atom stereocenters. The lowest BCUT2D eigenvalue weighted by Gasteiger charge is -2.32. The van der Waals surface area contributed by atoms with Gasteiger partial charge in [0.05, 0.1) is 0 Å². The van der Waals surface area contributed by atoms with Crippen molar-refractivity contribution in [1.29, 1.82) is 0 Å². The predicted molar refractivity (Wildman–Crippen MR) is 60.5 cm³/mol. The van der Waals surface area contributed by atoms with Crippen molar-refractivity contribution in [2.24, 2.45) is 0 Å². The Balaban J connectivity index is 2.10. The van der Waals surface area contributed by atoms with E-state index in [1.54, 1.807) is 4.90 Å². The fraction of sp³-hybridized carbons (Fsp3) is 0.455. The first-order valence-electron chi connectivity index (χ1n) is 5.33. The molecule has 1 aliphatic rings. The largest absolute Gasteiger partial charge is 0.357 e. The molecule has 1 aliphatic heterocycles. The number of pyridine rings is 1. The van der Waals surface area contributed by atoms with Crippen molar-refractivity contribution in [2.45, 2.75) is 0 Å². The molecule has 16 heavy (non-hydrogen) atoms. The Morgan fingerprint density at radius 3 is 2.62 bits per heavy atom. The average Bonchev–Trinajstić information content (AvgIpc) is 2.29. The molecule has 0 saturated carbocycles. The second-order valence-corrected chi connectivity index (χ2v) is 4.03. The van der Waals surface area contributed by atoms with E-state index >= 15 is 0 Å². The standard InChI is InChI=1S/C11H15N3O2/c1-13-4-6-14(7-5-13)11(16)10-8-9(15)2-3-12-10/h2-3,8H,4-7H2,1H3,(H,12,15). The van der Waals surface area contributed by atoms with Gasteiger partial charge in [-0.05, 0) is 7.05 Å². The van der Waals surface area contributed by atoms with Gasteiger partial charge in [-0.25, -0.2) is 0 Å². The summed E-state index contributed by atoms with van der Waals surface area (Å²) in [7, 11) is 2.03. The molecule has 1 N–H and O–H groups in total. The number of likely N-dealkylation sites (N-methyl/N-ethyl adjacent to an activating group) is 1. The van der Waals surface area contributed by atoms with Crippen molar-refractivity contribution in [3.8, 4) is 0 Å². The number of hydrogen-bond acceptors (Lipinski definition) is 3. The number of carbonyl (C=O) groups is 1. The minimum Gasteiger partial charge on any atom is -0.357 e. The minimum atomic E-state index is -0.142. The molecule has 1 saturated heterocycles. The topological polar surface area (TPSA) is 56.4 Å². The summed E-state index contributed by atoms with van der Waals surface area (Å²) >= 11 is 0. The maximum atomic E-state index is 12.0. The lowest BCUT2D eigenvalue weighted by molar-refractivity contribution is 0.0658. The molecule has 0 bridgehead atoms. The summed E-state index contributed by atoms with van der Waals surface area (Å²) in [5.41, 5.74) is 0.230. The first-order chi connectivity index (χ1) is 7.66. The van der Waals surface area contributed by atoms with E-state index < -0.39 is 0 Å². The molecule has 1 aromatic rings. The molecule has 0 aromatic carbocycles. The fourth-order valence-corrected chi connectivity index (χ4v) is 1.75. The van der Waals surface area contributed by atoms with Crippen LogP contribution < -0.4 is 5.43 Å². The Morgan fingerprint density at radius 2 is 2.00 bits per heavy atom. The summed E-state index contributed by atoms with van der Waals surface area (Å²) in [4.78, 5) is 29.9. The summed E-state index contributed by atoms with van der Waals surface area (Å²) in [6, 6.07) is 2.75. The third-order valence-corrected chi connectivity index (χ3v) is 2.79. The summed E-state index contributed by atoms with van der Waals surface area (Å²) in [5.74, 6) is -0.0919. The lowest BCUT2D eigenvalue weighted by Crippen LogP contribution is -2.47. The Hall–Kier alpha value is -1.62. The third kappa shape index (κ3) is 2.30. The number of carbonyl (C=O) groups excluding carboxylic acids is 1. The van der Waals surface area contributed by atoms with E-state index in [4.69, 9.17) is 0 Å². The highest BCUT2D eigenvalue weighted by Crippen LogP contribution is 2.04. The summed E-state index contributed by atoms with van der Waals surface area (Å²) in [6.07, 6.45) is 1.51. The molecule has 2 rings (SSSR count). The monoisotopic (exact) mass is 221 g/mol. The maximum absolute atomic E-state index is 12.0. The number of aromatic nitrogens is 1. The van der Waals surface area contributed by atoms with Gasteiger partial charge < -0.3 is 14.8 Å². The van der Waals surface area contributed by atoms with Gasteiger partial charge in [-0.3, -0.25) is 9.59 Å². The Kier molecular flexibility index (Phi) is 3.05. The van der Waals surface area contributed by atoms with E-state index in [0.29, 0.717) is 18.8 Å². The van der Waals surface area contributed by atoms with Crippen LogP contribution >= 0.6 is 0 Å². The Morgan fingerprint density at radius 1 is 1.31 bits per heavy atom. The van der Waals surface area contributed by atoms with Crippen molar-refractivity contribution in [3.05, 3.63) is 34.2 Å². The molecule has 86 valence electrons. The molecule has 1 fully saturated rings. The number of nitrogens with zero attached hydrogens (tertiary/aromatic N) is 2. The first-order valence-corrected chi connectivity index (χ1v) is 5.33. The molecule has 1 amide bonds. The van der Waals surface area contributed by atoms with Crippen molar-refractivity contribution in [2.75, 3.05) is 33.2 Å². The fourth-order valence-electron chi connectivity index (χ4n) is 1.75. The highest BCUT2D eigenvalue weighted by molar-refractivity contribution is 5.92. The quantitative estimate of drug-likeness (QED) is 0.712. The predicted octanol–water partition coefficient (Wildman–Crippen LogP) is -0.238. The molecule has 0 atom stereocenters. The number of rotatable bonds is 1. The van der Waals surface area contributed by atoms with Crippen LogP contribution in [-0.2, 0) is 0 Å². The van der Waals surface area contributed by atoms with E-state index in [-0.39, 0.29) is 11.3 Å². The van der Waals surface area contributed by atoms with Crippen molar-refractivity contribution >= 4 is 5.91 Å². The summed E-state index contributed by atoms with van der Waals surface area (Å²) < 4.78 is 0. The summed E-state index contributed by atoms with van der Waals surface area (Å²) in [5, 5.41) is 0. The van der Waals surface area contributed by atoms with Gasteiger partial charge in [0.15, 0.2) is 5.43 Å². The number of aromatic amines is 1. The number of nitrogens with one attached hydrogen (secondary N) is 1.